The lowest BCUT2D eigenvalue weighted by Gasteiger charge is -2.25. The quantitative estimate of drug-likeness (QED) is 0.294. The molecule has 0 fully saturated rings. The largest absolute Gasteiger partial charge is 0.203 e. The van der Waals surface area contributed by atoms with Crippen LogP contribution in [0.25, 0.3) is 0 Å². The molecule has 0 aromatic carbocycles. The molecule has 16 heavy (non-hydrogen) atoms. The number of nitrogens with zero attached hydrogens (tertiary/aromatic N) is 1. The SMILES string of the molecule is CCCCCCCCCCO[N+](C)(C)CC. The van der Waals surface area contributed by atoms with Gasteiger partial charge in [0.1, 0.15) is 13.2 Å². The van der Waals surface area contributed by atoms with Crippen molar-refractivity contribution in [1.82, 2.24) is 0 Å². The molecule has 0 aliphatic rings. The van der Waals surface area contributed by atoms with Crippen LogP contribution in [0.5, 0.6) is 0 Å². The normalized spacial score (nSPS) is 12.0. The molecule has 0 amide bonds. The Balaban J connectivity index is 3.10. The molecule has 0 atom stereocenters. The smallest absolute Gasteiger partial charge is 0.106 e. The van der Waals surface area contributed by atoms with Crippen LogP contribution >= 0.6 is 0 Å². The summed E-state index contributed by atoms with van der Waals surface area (Å²) in [5.41, 5.74) is 0. The zero-order chi connectivity index (χ0) is 12.3. The fourth-order valence-corrected chi connectivity index (χ4v) is 1.64. The first-order valence-electron chi connectivity index (χ1n) is 7.10. The van der Waals surface area contributed by atoms with Crippen molar-refractivity contribution >= 4 is 0 Å². The number of unbranched alkanes of at least 4 members (excludes halogenated alkanes) is 7. The zero-order valence-corrected chi connectivity index (χ0v) is 11.9. The summed E-state index contributed by atoms with van der Waals surface area (Å²) in [4.78, 5) is 5.76. The van der Waals surface area contributed by atoms with Crippen LogP contribution in [0.4, 0.5) is 0 Å². The van der Waals surface area contributed by atoms with Crippen molar-refractivity contribution in [3.05, 3.63) is 0 Å². The Morgan fingerprint density at radius 2 is 1.25 bits per heavy atom. The summed E-state index contributed by atoms with van der Waals surface area (Å²) < 4.78 is 0.691. The van der Waals surface area contributed by atoms with Gasteiger partial charge in [-0.3, -0.25) is 0 Å². The minimum absolute atomic E-state index is 0.691. The molecule has 0 unspecified atom stereocenters. The van der Waals surface area contributed by atoms with Crippen molar-refractivity contribution in [2.24, 2.45) is 0 Å². The van der Waals surface area contributed by atoms with Gasteiger partial charge in [-0.1, -0.05) is 51.9 Å². The maximum atomic E-state index is 5.76. The first kappa shape index (κ1) is 15.9. The molecule has 0 radical (unpaired) electrons. The Morgan fingerprint density at radius 1 is 0.750 bits per heavy atom. The van der Waals surface area contributed by atoms with Gasteiger partial charge in [-0.15, -0.1) is 0 Å². The number of quaternary nitrogens is 1. The molecule has 0 heterocycles. The summed E-state index contributed by atoms with van der Waals surface area (Å²) in [5, 5.41) is 0. The molecule has 98 valence electrons. The van der Waals surface area contributed by atoms with Gasteiger partial charge in [0.15, 0.2) is 0 Å². The van der Waals surface area contributed by atoms with Crippen LogP contribution < -0.4 is 0 Å². The molecule has 0 aromatic heterocycles. The lowest BCUT2D eigenvalue weighted by atomic mass is 10.1. The Kier molecular flexibility index (Phi) is 10.0. The molecule has 0 aliphatic carbocycles. The highest BCUT2D eigenvalue weighted by Crippen LogP contribution is 2.09. The van der Waals surface area contributed by atoms with Crippen molar-refractivity contribution in [3.8, 4) is 0 Å². The third kappa shape index (κ3) is 10.4. The molecule has 0 rings (SSSR count). The topological polar surface area (TPSA) is 9.23 Å². The molecule has 0 spiro atoms. The summed E-state index contributed by atoms with van der Waals surface area (Å²) in [7, 11) is 4.23. The van der Waals surface area contributed by atoms with Crippen LogP contribution in [0.15, 0.2) is 0 Å². The maximum Gasteiger partial charge on any atom is 0.106 e. The van der Waals surface area contributed by atoms with Gasteiger partial charge in [-0.25, -0.2) is 4.84 Å². The van der Waals surface area contributed by atoms with E-state index in [2.05, 4.69) is 27.9 Å². The van der Waals surface area contributed by atoms with Gasteiger partial charge in [-0.05, 0) is 13.3 Å². The third-order valence-electron chi connectivity index (χ3n) is 3.20. The first-order chi connectivity index (χ1) is 7.62. The monoisotopic (exact) mass is 230 g/mol. The van der Waals surface area contributed by atoms with E-state index in [9.17, 15) is 0 Å². The van der Waals surface area contributed by atoms with Gasteiger partial charge in [0.2, 0.25) is 0 Å². The number of hydroxylamine groups is 3. The second kappa shape index (κ2) is 10.1. The van der Waals surface area contributed by atoms with E-state index in [1.165, 1.54) is 51.4 Å². The van der Waals surface area contributed by atoms with E-state index in [1.807, 2.05) is 0 Å². The maximum absolute atomic E-state index is 5.76. The van der Waals surface area contributed by atoms with Gasteiger partial charge in [0, 0.05) is 0 Å². The van der Waals surface area contributed by atoms with Crippen LogP contribution in [-0.2, 0) is 4.84 Å². The summed E-state index contributed by atoms with van der Waals surface area (Å²) in [6.07, 6.45) is 10.9. The van der Waals surface area contributed by atoms with Gasteiger partial charge in [0.05, 0.1) is 14.1 Å². The van der Waals surface area contributed by atoms with Crippen molar-refractivity contribution in [1.29, 1.82) is 0 Å². The number of rotatable bonds is 11. The molecular formula is C14H32NO+. The second-order valence-electron chi connectivity index (χ2n) is 5.20. The fourth-order valence-electron chi connectivity index (χ4n) is 1.64. The van der Waals surface area contributed by atoms with Gasteiger partial charge in [-0.2, -0.15) is 4.65 Å². The molecule has 0 N–H and O–H groups in total. The zero-order valence-electron chi connectivity index (χ0n) is 11.9. The highest BCUT2D eigenvalue weighted by atomic mass is 16.7. The predicted octanol–water partition coefficient (Wildman–Crippen LogP) is 4.16. The van der Waals surface area contributed by atoms with E-state index in [-0.39, 0.29) is 0 Å². The van der Waals surface area contributed by atoms with Crippen molar-refractivity contribution in [3.63, 3.8) is 0 Å². The van der Waals surface area contributed by atoms with Crippen LogP contribution in [0.2, 0.25) is 0 Å². The molecule has 0 aromatic rings. The van der Waals surface area contributed by atoms with E-state index in [0.717, 1.165) is 13.2 Å². The third-order valence-corrected chi connectivity index (χ3v) is 3.20. The minimum atomic E-state index is 0.691. The Hall–Kier alpha value is -0.0800. The molecule has 0 saturated carbocycles. The van der Waals surface area contributed by atoms with E-state index in [1.54, 1.807) is 0 Å². The van der Waals surface area contributed by atoms with Crippen molar-refractivity contribution in [2.75, 3.05) is 27.2 Å². The summed E-state index contributed by atoms with van der Waals surface area (Å²) in [6.45, 7) is 6.38. The van der Waals surface area contributed by atoms with Gasteiger partial charge < -0.3 is 0 Å². The van der Waals surface area contributed by atoms with Gasteiger partial charge >= 0.3 is 0 Å². The highest BCUT2D eigenvalue weighted by Gasteiger charge is 2.11. The van der Waals surface area contributed by atoms with Crippen LogP contribution in [0, 0.1) is 0 Å². The van der Waals surface area contributed by atoms with Crippen LogP contribution in [0.1, 0.15) is 65.2 Å². The number of hydrogen-bond acceptors (Lipinski definition) is 1. The lowest BCUT2D eigenvalue weighted by molar-refractivity contribution is -1.08. The predicted molar refractivity (Wildman–Crippen MR) is 71.2 cm³/mol. The van der Waals surface area contributed by atoms with E-state index in [4.69, 9.17) is 4.84 Å². The van der Waals surface area contributed by atoms with Crippen LogP contribution in [-0.4, -0.2) is 31.9 Å². The Bertz CT molecular complexity index is 146. The first-order valence-corrected chi connectivity index (χ1v) is 7.10. The van der Waals surface area contributed by atoms with Crippen LogP contribution in [0.3, 0.4) is 0 Å². The van der Waals surface area contributed by atoms with Crippen molar-refractivity contribution in [2.45, 2.75) is 65.2 Å². The molecule has 2 heteroatoms. The highest BCUT2D eigenvalue weighted by molar-refractivity contribution is 4.45. The molecule has 2 nitrogen and oxygen atoms in total. The second-order valence-corrected chi connectivity index (χ2v) is 5.20. The molecule has 0 aliphatic heterocycles. The summed E-state index contributed by atoms with van der Waals surface area (Å²) >= 11 is 0. The Morgan fingerprint density at radius 3 is 1.75 bits per heavy atom. The standard InChI is InChI=1S/C14H32NO/c1-5-7-8-9-10-11-12-13-14-16-15(3,4)6-2/h5-14H2,1-4H3/q+1. The lowest BCUT2D eigenvalue weighted by Crippen LogP contribution is -2.39. The summed E-state index contributed by atoms with van der Waals surface area (Å²) in [5.74, 6) is 0. The van der Waals surface area contributed by atoms with E-state index in [0.29, 0.717) is 4.65 Å². The fraction of sp³-hybridized carbons (Fsp3) is 1.00. The molecular weight excluding hydrogens is 198 g/mol. The number of hydrogen-bond donors (Lipinski definition) is 0. The van der Waals surface area contributed by atoms with Gasteiger partial charge in [0.25, 0.3) is 0 Å². The summed E-state index contributed by atoms with van der Waals surface area (Å²) in [6, 6.07) is 0. The van der Waals surface area contributed by atoms with E-state index < -0.39 is 0 Å². The van der Waals surface area contributed by atoms with E-state index >= 15 is 0 Å². The van der Waals surface area contributed by atoms with Crippen molar-refractivity contribution < 1.29 is 9.48 Å². The molecule has 0 bridgehead atoms. The molecule has 0 saturated heterocycles. The average molecular weight is 230 g/mol. The minimum Gasteiger partial charge on any atom is -0.203 e. The average Bonchev–Trinajstić information content (AvgIpc) is 2.27. The Labute approximate surface area is 103 Å².